The molecule has 2 unspecified atom stereocenters. The summed E-state index contributed by atoms with van der Waals surface area (Å²) in [6.07, 6.45) is 2.50. The molecule has 1 fully saturated rings. The Kier molecular flexibility index (Phi) is 6.40. The highest BCUT2D eigenvalue weighted by atomic mass is 32.2. The summed E-state index contributed by atoms with van der Waals surface area (Å²) in [5, 5.41) is 4.31. The molecule has 1 N–H and O–H groups in total. The van der Waals surface area contributed by atoms with Crippen molar-refractivity contribution in [1.82, 2.24) is 10.2 Å². The third-order valence-electron chi connectivity index (χ3n) is 4.24. The third-order valence-corrected chi connectivity index (χ3v) is 5.61. The number of hydrogen-bond donors (Lipinski definition) is 1. The SMILES string of the molecule is CCC1CN(CCC(NC)c2ccc(C)cc2)CCS1. The van der Waals surface area contributed by atoms with E-state index in [1.807, 2.05) is 0 Å². The van der Waals surface area contributed by atoms with E-state index in [-0.39, 0.29) is 0 Å². The molecule has 0 amide bonds. The van der Waals surface area contributed by atoms with Gasteiger partial charge in [0.25, 0.3) is 0 Å². The van der Waals surface area contributed by atoms with E-state index in [2.05, 4.69) is 67.1 Å². The number of hydrogen-bond acceptors (Lipinski definition) is 3. The lowest BCUT2D eigenvalue weighted by molar-refractivity contribution is 0.265. The minimum Gasteiger partial charge on any atom is -0.313 e. The molecule has 1 aliphatic rings. The van der Waals surface area contributed by atoms with E-state index in [0.29, 0.717) is 6.04 Å². The monoisotopic (exact) mass is 292 g/mol. The predicted molar refractivity (Wildman–Crippen MR) is 90.6 cm³/mol. The Morgan fingerprint density at radius 3 is 2.75 bits per heavy atom. The van der Waals surface area contributed by atoms with E-state index in [1.165, 1.54) is 49.4 Å². The number of benzene rings is 1. The Balaban J connectivity index is 1.85. The van der Waals surface area contributed by atoms with Crippen LogP contribution in [0.4, 0.5) is 0 Å². The molecule has 20 heavy (non-hydrogen) atoms. The standard InChI is InChI=1S/C17H28N2S/c1-4-16-13-19(11-12-20-16)10-9-17(18-3)15-7-5-14(2)6-8-15/h5-8,16-18H,4,9-13H2,1-3H3. The van der Waals surface area contributed by atoms with E-state index in [9.17, 15) is 0 Å². The highest BCUT2D eigenvalue weighted by Gasteiger charge is 2.19. The molecule has 0 spiro atoms. The second-order valence-electron chi connectivity index (χ2n) is 5.74. The molecule has 0 saturated carbocycles. The maximum absolute atomic E-state index is 3.47. The van der Waals surface area contributed by atoms with Gasteiger partial charge in [0.2, 0.25) is 0 Å². The van der Waals surface area contributed by atoms with Crippen molar-refractivity contribution in [1.29, 1.82) is 0 Å². The third kappa shape index (κ3) is 4.51. The molecular weight excluding hydrogens is 264 g/mol. The first-order valence-corrected chi connectivity index (χ1v) is 8.85. The highest BCUT2D eigenvalue weighted by Crippen LogP contribution is 2.23. The van der Waals surface area contributed by atoms with Crippen molar-refractivity contribution < 1.29 is 0 Å². The fourth-order valence-corrected chi connectivity index (χ4v) is 4.07. The van der Waals surface area contributed by atoms with Gasteiger partial charge in [-0.25, -0.2) is 0 Å². The van der Waals surface area contributed by atoms with Gasteiger partial charge in [-0.05, 0) is 32.4 Å². The summed E-state index contributed by atoms with van der Waals surface area (Å²) in [6, 6.07) is 9.42. The first-order valence-electron chi connectivity index (χ1n) is 7.80. The maximum Gasteiger partial charge on any atom is 0.0329 e. The quantitative estimate of drug-likeness (QED) is 0.864. The van der Waals surface area contributed by atoms with Crippen LogP contribution in [0.5, 0.6) is 0 Å². The Hall–Kier alpha value is -0.510. The van der Waals surface area contributed by atoms with Gasteiger partial charge in [0.15, 0.2) is 0 Å². The van der Waals surface area contributed by atoms with Crippen molar-refractivity contribution >= 4 is 11.8 Å². The van der Waals surface area contributed by atoms with E-state index < -0.39 is 0 Å². The van der Waals surface area contributed by atoms with E-state index in [1.54, 1.807) is 0 Å². The molecule has 0 aromatic heterocycles. The van der Waals surface area contributed by atoms with Crippen LogP contribution < -0.4 is 5.32 Å². The van der Waals surface area contributed by atoms with Crippen molar-refractivity contribution in [2.75, 3.05) is 32.4 Å². The van der Waals surface area contributed by atoms with E-state index in [4.69, 9.17) is 0 Å². The van der Waals surface area contributed by atoms with E-state index >= 15 is 0 Å². The zero-order valence-corrected chi connectivity index (χ0v) is 13.9. The number of rotatable bonds is 6. The molecule has 1 heterocycles. The lowest BCUT2D eigenvalue weighted by Crippen LogP contribution is -2.39. The summed E-state index contributed by atoms with van der Waals surface area (Å²) >= 11 is 2.15. The second kappa shape index (κ2) is 8.06. The van der Waals surface area contributed by atoms with Gasteiger partial charge >= 0.3 is 0 Å². The second-order valence-corrected chi connectivity index (χ2v) is 7.15. The number of nitrogens with one attached hydrogen (secondary N) is 1. The highest BCUT2D eigenvalue weighted by molar-refractivity contribution is 8.00. The minimum absolute atomic E-state index is 0.477. The smallest absolute Gasteiger partial charge is 0.0329 e. The average Bonchev–Trinajstić information content (AvgIpc) is 2.50. The van der Waals surface area contributed by atoms with Gasteiger partial charge in [-0.1, -0.05) is 36.8 Å². The number of aryl methyl sites for hydroxylation is 1. The zero-order valence-electron chi connectivity index (χ0n) is 13.1. The summed E-state index contributed by atoms with van der Waals surface area (Å²) in [5.74, 6) is 1.30. The van der Waals surface area contributed by atoms with Crippen LogP contribution in [-0.4, -0.2) is 42.6 Å². The van der Waals surface area contributed by atoms with Crippen LogP contribution in [0.2, 0.25) is 0 Å². The molecule has 0 aliphatic carbocycles. The van der Waals surface area contributed by atoms with Gasteiger partial charge < -0.3 is 10.2 Å². The Bertz CT molecular complexity index is 390. The summed E-state index contributed by atoms with van der Waals surface area (Å²) in [6.45, 7) is 8.19. The average molecular weight is 292 g/mol. The molecule has 1 aromatic rings. The summed E-state index contributed by atoms with van der Waals surface area (Å²) in [4.78, 5) is 2.64. The normalized spacial score (nSPS) is 21.9. The number of nitrogens with zero attached hydrogens (tertiary/aromatic N) is 1. The summed E-state index contributed by atoms with van der Waals surface area (Å²) < 4.78 is 0. The van der Waals surface area contributed by atoms with Crippen molar-refractivity contribution in [3.05, 3.63) is 35.4 Å². The van der Waals surface area contributed by atoms with Gasteiger partial charge in [-0.2, -0.15) is 11.8 Å². The molecule has 2 atom stereocenters. The van der Waals surface area contributed by atoms with Crippen LogP contribution in [0, 0.1) is 6.92 Å². The van der Waals surface area contributed by atoms with Crippen LogP contribution in [0.15, 0.2) is 24.3 Å². The molecule has 1 aromatic carbocycles. The van der Waals surface area contributed by atoms with Crippen LogP contribution in [0.3, 0.4) is 0 Å². The fraction of sp³-hybridized carbons (Fsp3) is 0.647. The first kappa shape index (κ1) is 15.9. The van der Waals surface area contributed by atoms with Gasteiger partial charge in [0, 0.05) is 36.7 Å². The van der Waals surface area contributed by atoms with Gasteiger partial charge in [0.1, 0.15) is 0 Å². The van der Waals surface area contributed by atoms with Crippen molar-refractivity contribution in [3.8, 4) is 0 Å². The molecule has 0 radical (unpaired) electrons. The summed E-state index contributed by atoms with van der Waals surface area (Å²) in [5.41, 5.74) is 2.75. The van der Waals surface area contributed by atoms with Crippen molar-refractivity contribution in [3.63, 3.8) is 0 Å². The lowest BCUT2D eigenvalue weighted by atomic mass is 10.0. The Morgan fingerprint density at radius 1 is 1.35 bits per heavy atom. The Morgan fingerprint density at radius 2 is 2.10 bits per heavy atom. The van der Waals surface area contributed by atoms with E-state index in [0.717, 1.165) is 5.25 Å². The van der Waals surface area contributed by atoms with Crippen molar-refractivity contribution in [2.45, 2.75) is 38.0 Å². The molecule has 2 rings (SSSR count). The first-order chi connectivity index (χ1) is 9.72. The number of thioether (sulfide) groups is 1. The molecule has 0 bridgehead atoms. The van der Waals surface area contributed by atoms with Gasteiger partial charge in [0.05, 0.1) is 0 Å². The topological polar surface area (TPSA) is 15.3 Å². The van der Waals surface area contributed by atoms with Crippen LogP contribution in [-0.2, 0) is 0 Å². The van der Waals surface area contributed by atoms with Crippen LogP contribution in [0.1, 0.15) is 36.9 Å². The lowest BCUT2D eigenvalue weighted by Gasteiger charge is -2.32. The van der Waals surface area contributed by atoms with Gasteiger partial charge in [-0.3, -0.25) is 0 Å². The van der Waals surface area contributed by atoms with Crippen LogP contribution >= 0.6 is 11.8 Å². The molecule has 112 valence electrons. The predicted octanol–water partition coefficient (Wildman–Crippen LogP) is 3.47. The molecule has 2 nitrogen and oxygen atoms in total. The molecular formula is C17H28N2S. The fourth-order valence-electron chi connectivity index (χ4n) is 2.82. The Labute approximate surface area is 128 Å². The zero-order chi connectivity index (χ0) is 14.4. The summed E-state index contributed by atoms with van der Waals surface area (Å²) in [7, 11) is 2.07. The molecule has 3 heteroatoms. The van der Waals surface area contributed by atoms with Crippen LogP contribution in [0.25, 0.3) is 0 Å². The van der Waals surface area contributed by atoms with Crippen molar-refractivity contribution in [2.24, 2.45) is 0 Å². The minimum atomic E-state index is 0.477. The van der Waals surface area contributed by atoms with Gasteiger partial charge in [-0.15, -0.1) is 0 Å². The maximum atomic E-state index is 3.47. The molecule has 1 saturated heterocycles. The largest absolute Gasteiger partial charge is 0.313 e. The molecule has 1 aliphatic heterocycles.